The predicted molar refractivity (Wildman–Crippen MR) is 90.0 cm³/mol. The van der Waals surface area contributed by atoms with Crippen LogP contribution in [-0.2, 0) is 16.0 Å². The van der Waals surface area contributed by atoms with Crippen molar-refractivity contribution in [1.29, 1.82) is 0 Å². The summed E-state index contributed by atoms with van der Waals surface area (Å²) in [6.45, 7) is 4.53. The predicted octanol–water partition coefficient (Wildman–Crippen LogP) is 2.80. The molecule has 1 aromatic rings. The van der Waals surface area contributed by atoms with Crippen molar-refractivity contribution in [3.8, 4) is 0 Å². The second-order valence-corrected chi connectivity index (χ2v) is 6.30. The molecular formula is C16H25BrN2O2. The van der Waals surface area contributed by atoms with E-state index in [1.54, 1.807) is 7.11 Å². The monoisotopic (exact) mass is 356 g/mol. The lowest BCUT2D eigenvalue weighted by Gasteiger charge is -2.35. The van der Waals surface area contributed by atoms with E-state index in [0.717, 1.165) is 43.7 Å². The van der Waals surface area contributed by atoms with Crippen LogP contribution in [0.25, 0.3) is 0 Å². The zero-order chi connectivity index (χ0) is 15.1. The molecule has 0 aromatic heterocycles. The molecule has 0 amide bonds. The highest BCUT2D eigenvalue weighted by Gasteiger charge is 2.21. The maximum atomic E-state index is 5.54. The quantitative estimate of drug-likeness (QED) is 0.761. The van der Waals surface area contributed by atoms with Crippen LogP contribution in [0.5, 0.6) is 0 Å². The SMILES string of the molecule is COCCNCc1cc(Br)ccc1N1CCCC(OC)C1. The van der Waals surface area contributed by atoms with Gasteiger partial charge in [0.25, 0.3) is 0 Å². The first-order chi connectivity index (χ1) is 10.2. The molecule has 0 saturated carbocycles. The van der Waals surface area contributed by atoms with Gasteiger partial charge >= 0.3 is 0 Å². The molecule has 1 aliphatic heterocycles. The van der Waals surface area contributed by atoms with Gasteiger partial charge in [-0.15, -0.1) is 0 Å². The molecule has 1 aliphatic rings. The van der Waals surface area contributed by atoms with Gasteiger partial charge in [-0.05, 0) is 36.6 Å². The van der Waals surface area contributed by atoms with E-state index in [-0.39, 0.29) is 0 Å². The lowest BCUT2D eigenvalue weighted by Crippen LogP contribution is -2.40. The number of anilines is 1. The average Bonchev–Trinajstić information content (AvgIpc) is 2.52. The van der Waals surface area contributed by atoms with Gasteiger partial charge in [-0.3, -0.25) is 0 Å². The summed E-state index contributed by atoms with van der Waals surface area (Å²) in [6.07, 6.45) is 2.69. The number of halogens is 1. The Hall–Kier alpha value is -0.620. The molecule has 1 unspecified atom stereocenters. The van der Waals surface area contributed by atoms with Crippen molar-refractivity contribution < 1.29 is 9.47 Å². The molecule has 0 bridgehead atoms. The van der Waals surface area contributed by atoms with Crippen LogP contribution in [0.4, 0.5) is 5.69 Å². The van der Waals surface area contributed by atoms with E-state index >= 15 is 0 Å². The maximum absolute atomic E-state index is 5.54. The van der Waals surface area contributed by atoms with E-state index in [0.29, 0.717) is 6.10 Å². The first kappa shape index (κ1) is 16.7. The smallest absolute Gasteiger partial charge is 0.0746 e. The number of nitrogens with zero attached hydrogens (tertiary/aromatic N) is 1. The summed E-state index contributed by atoms with van der Waals surface area (Å²) in [5.74, 6) is 0. The third kappa shape index (κ3) is 4.95. The van der Waals surface area contributed by atoms with Crippen LogP contribution in [0.15, 0.2) is 22.7 Å². The summed E-state index contributed by atoms with van der Waals surface area (Å²) in [6, 6.07) is 6.52. The Morgan fingerprint density at radius 3 is 3.00 bits per heavy atom. The van der Waals surface area contributed by atoms with E-state index in [2.05, 4.69) is 44.3 Å². The molecule has 1 aromatic carbocycles. The zero-order valence-corrected chi connectivity index (χ0v) is 14.5. The second-order valence-electron chi connectivity index (χ2n) is 5.39. The van der Waals surface area contributed by atoms with Crippen molar-refractivity contribution in [2.75, 3.05) is 45.4 Å². The van der Waals surface area contributed by atoms with Gasteiger partial charge in [-0.25, -0.2) is 0 Å². The molecule has 2 rings (SSSR count). The average molecular weight is 357 g/mol. The van der Waals surface area contributed by atoms with Crippen molar-refractivity contribution in [2.24, 2.45) is 0 Å². The molecular weight excluding hydrogens is 332 g/mol. The van der Waals surface area contributed by atoms with Gasteiger partial charge < -0.3 is 19.7 Å². The minimum Gasteiger partial charge on any atom is -0.383 e. The number of methoxy groups -OCH3 is 2. The summed E-state index contributed by atoms with van der Waals surface area (Å²) in [5.41, 5.74) is 2.63. The molecule has 5 heteroatoms. The van der Waals surface area contributed by atoms with Gasteiger partial charge in [-0.2, -0.15) is 0 Å². The number of ether oxygens (including phenoxy) is 2. The minimum atomic E-state index is 0.344. The van der Waals surface area contributed by atoms with E-state index in [1.807, 2.05) is 7.11 Å². The van der Waals surface area contributed by atoms with Crippen molar-refractivity contribution >= 4 is 21.6 Å². The molecule has 4 nitrogen and oxygen atoms in total. The molecule has 0 radical (unpaired) electrons. The van der Waals surface area contributed by atoms with Crippen molar-refractivity contribution in [3.63, 3.8) is 0 Å². The summed E-state index contributed by atoms with van der Waals surface area (Å²) < 4.78 is 11.7. The highest BCUT2D eigenvalue weighted by molar-refractivity contribution is 9.10. The van der Waals surface area contributed by atoms with Crippen LogP contribution in [0.2, 0.25) is 0 Å². The topological polar surface area (TPSA) is 33.7 Å². The summed E-state index contributed by atoms with van der Waals surface area (Å²) in [5, 5.41) is 3.43. The first-order valence-electron chi connectivity index (χ1n) is 7.50. The lowest BCUT2D eigenvalue weighted by molar-refractivity contribution is 0.0893. The fraction of sp³-hybridized carbons (Fsp3) is 0.625. The molecule has 1 fully saturated rings. The fourth-order valence-corrected chi connectivity index (χ4v) is 3.16. The second kappa shape index (κ2) is 8.73. The van der Waals surface area contributed by atoms with Gasteiger partial charge in [0.1, 0.15) is 0 Å². The molecule has 21 heavy (non-hydrogen) atoms. The van der Waals surface area contributed by atoms with Gasteiger partial charge in [0.2, 0.25) is 0 Å². The molecule has 1 saturated heterocycles. The number of benzene rings is 1. The maximum Gasteiger partial charge on any atom is 0.0746 e. The normalized spacial score (nSPS) is 19.0. The molecule has 0 spiro atoms. The third-order valence-electron chi connectivity index (χ3n) is 3.89. The van der Waals surface area contributed by atoms with Gasteiger partial charge in [0, 0.05) is 50.6 Å². The Morgan fingerprint density at radius 1 is 1.38 bits per heavy atom. The summed E-state index contributed by atoms with van der Waals surface area (Å²) in [7, 11) is 3.54. The molecule has 1 heterocycles. The van der Waals surface area contributed by atoms with Crippen LogP contribution in [-0.4, -0.2) is 46.6 Å². The highest BCUT2D eigenvalue weighted by Crippen LogP contribution is 2.27. The number of piperidine rings is 1. The van der Waals surface area contributed by atoms with Crippen LogP contribution < -0.4 is 10.2 Å². The van der Waals surface area contributed by atoms with Crippen molar-refractivity contribution in [3.05, 3.63) is 28.2 Å². The van der Waals surface area contributed by atoms with Crippen molar-refractivity contribution in [1.82, 2.24) is 5.32 Å². The standard InChI is InChI=1S/C16H25BrN2O2/c1-20-9-7-18-11-13-10-14(17)5-6-16(13)19-8-3-4-15(12-19)21-2/h5-6,10,15,18H,3-4,7-9,11-12H2,1-2H3. The van der Waals surface area contributed by atoms with Crippen molar-refractivity contribution in [2.45, 2.75) is 25.5 Å². The molecule has 0 aliphatic carbocycles. The minimum absolute atomic E-state index is 0.344. The Morgan fingerprint density at radius 2 is 2.24 bits per heavy atom. The van der Waals surface area contributed by atoms with Crippen LogP contribution in [0, 0.1) is 0 Å². The third-order valence-corrected chi connectivity index (χ3v) is 4.39. The summed E-state index contributed by atoms with van der Waals surface area (Å²) in [4.78, 5) is 2.44. The van der Waals surface area contributed by atoms with Gasteiger partial charge in [0.05, 0.1) is 12.7 Å². The Bertz CT molecular complexity index is 442. The number of rotatable bonds is 7. The number of hydrogen-bond acceptors (Lipinski definition) is 4. The fourth-order valence-electron chi connectivity index (χ4n) is 2.75. The van der Waals surface area contributed by atoms with Crippen LogP contribution >= 0.6 is 15.9 Å². The molecule has 1 atom stereocenters. The molecule has 1 N–H and O–H groups in total. The summed E-state index contributed by atoms with van der Waals surface area (Å²) >= 11 is 3.57. The lowest BCUT2D eigenvalue weighted by atomic mass is 10.0. The van der Waals surface area contributed by atoms with E-state index in [1.165, 1.54) is 17.7 Å². The van der Waals surface area contributed by atoms with E-state index in [9.17, 15) is 0 Å². The first-order valence-corrected chi connectivity index (χ1v) is 8.29. The largest absolute Gasteiger partial charge is 0.383 e. The zero-order valence-electron chi connectivity index (χ0n) is 12.9. The Kier molecular flexibility index (Phi) is 6.96. The van der Waals surface area contributed by atoms with Gasteiger partial charge in [0.15, 0.2) is 0 Å². The van der Waals surface area contributed by atoms with Crippen LogP contribution in [0.3, 0.4) is 0 Å². The molecule has 118 valence electrons. The number of nitrogens with one attached hydrogen (secondary N) is 1. The van der Waals surface area contributed by atoms with Gasteiger partial charge in [-0.1, -0.05) is 15.9 Å². The highest BCUT2D eigenvalue weighted by atomic mass is 79.9. The Balaban J connectivity index is 2.06. The van der Waals surface area contributed by atoms with E-state index < -0.39 is 0 Å². The number of hydrogen-bond donors (Lipinski definition) is 1. The Labute approximate surface area is 135 Å². The van der Waals surface area contributed by atoms with E-state index in [4.69, 9.17) is 9.47 Å². The van der Waals surface area contributed by atoms with Crippen LogP contribution in [0.1, 0.15) is 18.4 Å².